The maximum atomic E-state index is 12.4. The third-order valence-electron chi connectivity index (χ3n) is 4.10. The number of nitrogens with one attached hydrogen (secondary N) is 1. The van der Waals surface area contributed by atoms with Gasteiger partial charge in [0, 0.05) is 43.6 Å². The summed E-state index contributed by atoms with van der Waals surface area (Å²) in [7, 11) is 3.63. The molecule has 0 saturated carbocycles. The van der Waals surface area contributed by atoms with Gasteiger partial charge in [-0.3, -0.25) is 4.79 Å². The molecule has 0 atom stereocenters. The van der Waals surface area contributed by atoms with Gasteiger partial charge in [0.2, 0.25) is 5.95 Å². The Morgan fingerprint density at radius 1 is 1.20 bits per heavy atom. The standard InChI is InChI=1S/C17H20ClN5O2/c1-22-5-7-23(8-6-22)17-19-10-12(11-20-17)16(24)21-14-9-13(18)3-4-15(14)25-2/h3-4,9-11H,5-8H2,1-2H3,(H,21,24). The van der Waals surface area contributed by atoms with Crippen LogP contribution in [0.3, 0.4) is 0 Å². The molecule has 132 valence electrons. The molecule has 1 aromatic heterocycles. The van der Waals surface area contributed by atoms with E-state index in [0.29, 0.717) is 28.0 Å². The largest absolute Gasteiger partial charge is 0.495 e. The van der Waals surface area contributed by atoms with Gasteiger partial charge in [-0.25, -0.2) is 9.97 Å². The average molecular weight is 362 g/mol. The molecule has 1 saturated heterocycles. The van der Waals surface area contributed by atoms with E-state index in [1.165, 1.54) is 19.5 Å². The van der Waals surface area contributed by atoms with E-state index in [4.69, 9.17) is 16.3 Å². The normalized spacial score (nSPS) is 15.1. The number of aromatic nitrogens is 2. The monoisotopic (exact) mass is 361 g/mol. The number of benzene rings is 1. The van der Waals surface area contributed by atoms with E-state index in [1.807, 2.05) is 0 Å². The van der Waals surface area contributed by atoms with Crippen molar-refractivity contribution in [1.29, 1.82) is 0 Å². The molecule has 0 radical (unpaired) electrons. The van der Waals surface area contributed by atoms with Crippen LogP contribution in [0.1, 0.15) is 10.4 Å². The van der Waals surface area contributed by atoms with Gasteiger partial charge in [-0.05, 0) is 25.2 Å². The molecular formula is C17H20ClN5O2. The first-order valence-electron chi connectivity index (χ1n) is 7.97. The number of rotatable bonds is 4. The second-order valence-electron chi connectivity index (χ2n) is 5.86. The number of hydrogen-bond donors (Lipinski definition) is 1. The highest BCUT2D eigenvalue weighted by atomic mass is 35.5. The van der Waals surface area contributed by atoms with Crippen molar-refractivity contribution in [3.63, 3.8) is 0 Å². The van der Waals surface area contributed by atoms with E-state index in [0.717, 1.165) is 26.2 Å². The Labute approximate surface area is 151 Å². The summed E-state index contributed by atoms with van der Waals surface area (Å²) in [6, 6.07) is 5.03. The van der Waals surface area contributed by atoms with Crippen molar-refractivity contribution in [3.8, 4) is 5.75 Å². The Kier molecular flexibility index (Phi) is 5.35. The van der Waals surface area contributed by atoms with Crippen LogP contribution in [0.15, 0.2) is 30.6 Å². The van der Waals surface area contributed by atoms with Crippen molar-refractivity contribution in [2.45, 2.75) is 0 Å². The third-order valence-corrected chi connectivity index (χ3v) is 4.33. The van der Waals surface area contributed by atoms with Gasteiger partial charge in [-0.2, -0.15) is 0 Å². The van der Waals surface area contributed by atoms with E-state index < -0.39 is 0 Å². The van der Waals surface area contributed by atoms with Crippen molar-refractivity contribution in [2.24, 2.45) is 0 Å². The molecule has 25 heavy (non-hydrogen) atoms. The molecule has 1 amide bonds. The second kappa shape index (κ2) is 7.67. The number of methoxy groups -OCH3 is 1. The van der Waals surface area contributed by atoms with Gasteiger partial charge in [0.1, 0.15) is 5.75 Å². The van der Waals surface area contributed by atoms with Gasteiger partial charge in [0.05, 0.1) is 18.4 Å². The van der Waals surface area contributed by atoms with Crippen LogP contribution in [0, 0.1) is 0 Å². The molecule has 1 fully saturated rings. The van der Waals surface area contributed by atoms with Crippen LogP contribution in [-0.2, 0) is 0 Å². The molecule has 0 unspecified atom stereocenters. The predicted octanol–water partition coefficient (Wildman–Crippen LogP) is 2.14. The molecule has 0 bridgehead atoms. The van der Waals surface area contributed by atoms with E-state index in [2.05, 4.69) is 32.1 Å². The quantitative estimate of drug-likeness (QED) is 0.899. The molecule has 1 aromatic carbocycles. The van der Waals surface area contributed by atoms with Gasteiger partial charge < -0.3 is 19.9 Å². The number of nitrogens with zero attached hydrogens (tertiary/aromatic N) is 4. The van der Waals surface area contributed by atoms with E-state index in [1.54, 1.807) is 18.2 Å². The van der Waals surface area contributed by atoms with Gasteiger partial charge >= 0.3 is 0 Å². The summed E-state index contributed by atoms with van der Waals surface area (Å²) in [5.41, 5.74) is 0.878. The Balaban J connectivity index is 1.70. The zero-order chi connectivity index (χ0) is 17.8. The number of amides is 1. The van der Waals surface area contributed by atoms with Crippen LogP contribution in [-0.4, -0.2) is 61.1 Å². The van der Waals surface area contributed by atoms with E-state index in [9.17, 15) is 4.79 Å². The smallest absolute Gasteiger partial charge is 0.258 e. The van der Waals surface area contributed by atoms with Crippen LogP contribution >= 0.6 is 11.6 Å². The minimum absolute atomic E-state index is 0.314. The summed E-state index contributed by atoms with van der Waals surface area (Å²) in [6.07, 6.45) is 3.07. The Hall–Kier alpha value is -2.38. The lowest BCUT2D eigenvalue weighted by atomic mass is 10.2. The number of anilines is 2. The zero-order valence-corrected chi connectivity index (χ0v) is 15.0. The lowest BCUT2D eigenvalue weighted by Gasteiger charge is -2.32. The third kappa shape index (κ3) is 4.18. The molecule has 3 rings (SSSR count). The zero-order valence-electron chi connectivity index (χ0n) is 14.2. The van der Waals surface area contributed by atoms with Crippen LogP contribution in [0.25, 0.3) is 0 Å². The number of piperazine rings is 1. The molecule has 1 N–H and O–H groups in total. The van der Waals surface area contributed by atoms with Crippen molar-refractivity contribution in [1.82, 2.24) is 14.9 Å². The van der Waals surface area contributed by atoms with Gasteiger partial charge in [0.15, 0.2) is 0 Å². The van der Waals surface area contributed by atoms with Crippen LogP contribution in [0.2, 0.25) is 5.02 Å². The number of carbonyl (C=O) groups excluding carboxylic acids is 1. The molecule has 7 nitrogen and oxygen atoms in total. The number of ether oxygens (including phenoxy) is 1. The highest BCUT2D eigenvalue weighted by Crippen LogP contribution is 2.28. The maximum absolute atomic E-state index is 12.4. The first-order valence-corrected chi connectivity index (χ1v) is 8.35. The molecule has 2 heterocycles. The average Bonchev–Trinajstić information content (AvgIpc) is 2.63. The fraction of sp³-hybridized carbons (Fsp3) is 0.353. The first-order chi connectivity index (χ1) is 12.1. The summed E-state index contributed by atoms with van der Waals surface area (Å²) in [5, 5.41) is 3.29. The van der Waals surface area contributed by atoms with Gasteiger partial charge in [0.25, 0.3) is 5.91 Å². The fourth-order valence-electron chi connectivity index (χ4n) is 2.58. The number of likely N-dealkylation sites (N-methyl/N-ethyl adjacent to an activating group) is 1. The van der Waals surface area contributed by atoms with Crippen molar-refractivity contribution < 1.29 is 9.53 Å². The number of carbonyl (C=O) groups is 1. The summed E-state index contributed by atoms with van der Waals surface area (Å²) < 4.78 is 5.23. The van der Waals surface area contributed by atoms with Gasteiger partial charge in [-0.15, -0.1) is 0 Å². The van der Waals surface area contributed by atoms with Crippen LogP contribution in [0.5, 0.6) is 5.75 Å². The van der Waals surface area contributed by atoms with Crippen LogP contribution in [0.4, 0.5) is 11.6 Å². The fourth-order valence-corrected chi connectivity index (χ4v) is 2.75. The Morgan fingerprint density at radius 3 is 2.52 bits per heavy atom. The maximum Gasteiger partial charge on any atom is 0.258 e. The Morgan fingerprint density at radius 2 is 1.88 bits per heavy atom. The summed E-state index contributed by atoms with van der Waals surface area (Å²) >= 11 is 5.98. The van der Waals surface area contributed by atoms with Crippen molar-refractivity contribution in [2.75, 3.05) is 50.6 Å². The van der Waals surface area contributed by atoms with Gasteiger partial charge in [-0.1, -0.05) is 11.6 Å². The lowest BCUT2D eigenvalue weighted by Crippen LogP contribution is -2.45. The second-order valence-corrected chi connectivity index (χ2v) is 6.30. The Bertz CT molecular complexity index is 745. The predicted molar refractivity (Wildman–Crippen MR) is 97.7 cm³/mol. The number of hydrogen-bond acceptors (Lipinski definition) is 6. The highest BCUT2D eigenvalue weighted by Gasteiger charge is 2.17. The van der Waals surface area contributed by atoms with Crippen molar-refractivity contribution >= 4 is 29.1 Å². The van der Waals surface area contributed by atoms with Crippen molar-refractivity contribution in [3.05, 3.63) is 41.2 Å². The molecular weight excluding hydrogens is 342 g/mol. The highest BCUT2D eigenvalue weighted by molar-refractivity contribution is 6.31. The summed E-state index contributed by atoms with van der Waals surface area (Å²) in [4.78, 5) is 25.4. The van der Waals surface area contributed by atoms with E-state index in [-0.39, 0.29) is 5.91 Å². The SMILES string of the molecule is COc1ccc(Cl)cc1NC(=O)c1cnc(N2CCN(C)CC2)nc1. The summed E-state index contributed by atoms with van der Waals surface area (Å²) in [5.74, 6) is 0.864. The number of halogens is 1. The minimum atomic E-state index is -0.314. The van der Waals surface area contributed by atoms with E-state index >= 15 is 0 Å². The molecule has 2 aromatic rings. The first kappa shape index (κ1) is 17.4. The molecule has 1 aliphatic rings. The molecule has 1 aliphatic heterocycles. The molecule has 0 aliphatic carbocycles. The topological polar surface area (TPSA) is 70.6 Å². The minimum Gasteiger partial charge on any atom is -0.495 e. The molecule has 8 heteroatoms. The lowest BCUT2D eigenvalue weighted by molar-refractivity contribution is 0.102. The summed E-state index contributed by atoms with van der Waals surface area (Å²) in [6.45, 7) is 3.70. The molecule has 0 spiro atoms. The van der Waals surface area contributed by atoms with Crippen LogP contribution < -0.4 is 15.0 Å².